The fourth-order valence-electron chi connectivity index (χ4n) is 2.41. The first-order valence-electron chi connectivity index (χ1n) is 6.17. The highest BCUT2D eigenvalue weighted by Gasteiger charge is 2.31. The van der Waals surface area contributed by atoms with E-state index in [2.05, 4.69) is 10.1 Å². The molecule has 1 unspecified atom stereocenters. The number of carbonyl (C=O) groups excluding carboxylic acids is 1. The number of nitrogens with zero attached hydrogens (tertiary/aromatic N) is 3. The van der Waals surface area contributed by atoms with E-state index in [1.165, 1.54) is 0 Å². The van der Waals surface area contributed by atoms with Crippen molar-refractivity contribution in [1.29, 1.82) is 0 Å². The second kappa shape index (κ2) is 5.07. The smallest absolute Gasteiger partial charge is 0.259 e. The van der Waals surface area contributed by atoms with Gasteiger partial charge in [-0.15, -0.1) is 0 Å². The first-order valence-corrected chi connectivity index (χ1v) is 6.17. The number of piperazine rings is 1. The van der Waals surface area contributed by atoms with Gasteiger partial charge in [0.25, 0.3) is 5.91 Å². The second-order valence-corrected chi connectivity index (χ2v) is 4.85. The van der Waals surface area contributed by atoms with Crippen LogP contribution in [0.5, 0.6) is 0 Å². The van der Waals surface area contributed by atoms with Crippen molar-refractivity contribution in [2.45, 2.75) is 19.9 Å². The summed E-state index contributed by atoms with van der Waals surface area (Å²) in [4.78, 5) is 16.6. The van der Waals surface area contributed by atoms with E-state index < -0.39 is 0 Å². The lowest BCUT2D eigenvalue weighted by Crippen LogP contribution is -2.56. The quantitative estimate of drug-likeness (QED) is 0.802. The van der Waals surface area contributed by atoms with Crippen LogP contribution in [-0.4, -0.2) is 60.1 Å². The third-order valence-electron chi connectivity index (χ3n) is 3.47. The summed E-state index contributed by atoms with van der Waals surface area (Å²) < 4.78 is 5.06. The molecule has 6 nitrogen and oxygen atoms in total. The number of nitrogens with two attached hydrogens (primary N) is 1. The molecule has 1 aromatic heterocycles. The molecule has 0 bridgehead atoms. The zero-order valence-electron chi connectivity index (χ0n) is 11.1. The Balaban J connectivity index is 2.23. The maximum atomic E-state index is 12.5. The molecule has 0 aromatic carbocycles. The molecule has 1 atom stereocenters. The molecule has 1 fully saturated rings. The summed E-state index contributed by atoms with van der Waals surface area (Å²) in [7, 11) is 2.04. The third-order valence-corrected chi connectivity index (χ3v) is 3.47. The Morgan fingerprint density at radius 2 is 2.22 bits per heavy atom. The van der Waals surface area contributed by atoms with Gasteiger partial charge in [0.05, 0.1) is 11.7 Å². The first kappa shape index (κ1) is 13.0. The summed E-state index contributed by atoms with van der Waals surface area (Å²) in [5.41, 5.74) is 6.99. The molecule has 1 aromatic rings. The normalized spacial score (nSPS) is 21.3. The van der Waals surface area contributed by atoms with Crippen LogP contribution in [0, 0.1) is 13.8 Å². The van der Waals surface area contributed by atoms with Gasteiger partial charge in [-0.25, -0.2) is 0 Å². The molecule has 2 rings (SSSR count). The monoisotopic (exact) mass is 252 g/mol. The van der Waals surface area contributed by atoms with Crippen LogP contribution < -0.4 is 5.73 Å². The zero-order chi connectivity index (χ0) is 13.3. The molecule has 0 saturated carbocycles. The molecule has 100 valence electrons. The van der Waals surface area contributed by atoms with Crippen LogP contribution in [0.1, 0.15) is 21.8 Å². The van der Waals surface area contributed by atoms with Gasteiger partial charge in [-0.1, -0.05) is 5.16 Å². The molecule has 2 heterocycles. The van der Waals surface area contributed by atoms with Crippen LogP contribution in [0.2, 0.25) is 0 Å². The molecule has 1 aliphatic rings. The van der Waals surface area contributed by atoms with Gasteiger partial charge in [0, 0.05) is 26.2 Å². The Morgan fingerprint density at radius 1 is 1.50 bits per heavy atom. The molecule has 2 N–H and O–H groups in total. The van der Waals surface area contributed by atoms with Crippen LogP contribution in [0.3, 0.4) is 0 Å². The van der Waals surface area contributed by atoms with Crippen molar-refractivity contribution in [2.75, 3.05) is 33.2 Å². The highest BCUT2D eigenvalue weighted by molar-refractivity contribution is 5.96. The fraction of sp³-hybridized carbons (Fsp3) is 0.667. The van der Waals surface area contributed by atoms with Crippen LogP contribution in [0.25, 0.3) is 0 Å². The van der Waals surface area contributed by atoms with Crippen LogP contribution in [0.15, 0.2) is 4.52 Å². The highest BCUT2D eigenvalue weighted by atomic mass is 16.5. The van der Waals surface area contributed by atoms with Crippen LogP contribution >= 0.6 is 0 Å². The average Bonchev–Trinajstić information content (AvgIpc) is 2.68. The number of hydrogen-bond acceptors (Lipinski definition) is 5. The molecule has 1 saturated heterocycles. The topological polar surface area (TPSA) is 75.6 Å². The SMILES string of the molecule is Cc1noc(C)c1C(=O)N1CCN(C)CC1CN. The maximum absolute atomic E-state index is 12.5. The van der Waals surface area contributed by atoms with Gasteiger partial charge >= 0.3 is 0 Å². The van der Waals surface area contributed by atoms with Crippen molar-refractivity contribution < 1.29 is 9.32 Å². The van der Waals surface area contributed by atoms with Crippen molar-refractivity contribution in [3.8, 4) is 0 Å². The number of carbonyl (C=O) groups is 1. The van der Waals surface area contributed by atoms with Gasteiger partial charge < -0.3 is 20.1 Å². The van der Waals surface area contributed by atoms with Gasteiger partial charge in [0.1, 0.15) is 11.3 Å². The third kappa shape index (κ3) is 2.26. The molecular formula is C12H20N4O2. The number of aryl methyl sites for hydroxylation is 2. The van der Waals surface area contributed by atoms with E-state index in [0.29, 0.717) is 30.1 Å². The number of rotatable bonds is 2. The molecule has 0 spiro atoms. The summed E-state index contributed by atoms with van der Waals surface area (Å²) in [6, 6.07) is 0.0601. The highest BCUT2D eigenvalue weighted by Crippen LogP contribution is 2.18. The van der Waals surface area contributed by atoms with Crippen molar-refractivity contribution in [2.24, 2.45) is 5.73 Å². The van der Waals surface area contributed by atoms with Crippen molar-refractivity contribution in [3.05, 3.63) is 17.0 Å². The van der Waals surface area contributed by atoms with Gasteiger partial charge in [-0.3, -0.25) is 4.79 Å². The van der Waals surface area contributed by atoms with Crippen molar-refractivity contribution in [1.82, 2.24) is 15.0 Å². The zero-order valence-corrected chi connectivity index (χ0v) is 11.1. The predicted molar refractivity (Wildman–Crippen MR) is 67.4 cm³/mol. The van der Waals surface area contributed by atoms with Gasteiger partial charge in [-0.2, -0.15) is 0 Å². The number of hydrogen-bond donors (Lipinski definition) is 1. The van der Waals surface area contributed by atoms with E-state index in [-0.39, 0.29) is 11.9 Å². The molecule has 0 aliphatic carbocycles. The van der Waals surface area contributed by atoms with E-state index in [1.54, 1.807) is 13.8 Å². The van der Waals surface area contributed by atoms with E-state index in [9.17, 15) is 4.79 Å². The maximum Gasteiger partial charge on any atom is 0.259 e. The summed E-state index contributed by atoms with van der Waals surface area (Å²) in [5, 5.41) is 3.83. The molecular weight excluding hydrogens is 232 g/mol. The van der Waals surface area contributed by atoms with E-state index in [1.807, 2.05) is 11.9 Å². The van der Waals surface area contributed by atoms with Crippen molar-refractivity contribution >= 4 is 5.91 Å². The number of aromatic nitrogens is 1. The Hall–Kier alpha value is -1.40. The van der Waals surface area contributed by atoms with Gasteiger partial charge in [0.15, 0.2) is 0 Å². The van der Waals surface area contributed by atoms with E-state index >= 15 is 0 Å². The lowest BCUT2D eigenvalue weighted by atomic mass is 10.1. The van der Waals surface area contributed by atoms with Crippen molar-refractivity contribution in [3.63, 3.8) is 0 Å². The second-order valence-electron chi connectivity index (χ2n) is 4.85. The standard InChI is InChI=1S/C12H20N4O2/c1-8-11(9(2)18-14-8)12(17)16-5-4-15(3)7-10(16)6-13/h10H,4-7,13H2,1-3H3. The molecule has 0 radical (unpaired) electrons. The van der Waals surface area contributed by atoms with Crippen LogP contribution in [0.4, 0.5) is 0 Å². The Morgan fingerprint density at radius 3 is 2.78 bits per heavy atom. The largest absolute Gasteiger partial charge is 0.361 e. The minimum Gasteiger partial charge on any atom is -0.361 e. The number of amides is 1. The number of likely N-dealkylation sites (N-methyl/N-ethyl adjacent to an activating group) is 1. The van der Waals surface area contributed by atoms with E-state index in [0.717, 1.165) is 13.1 Å². The Kier molecular flexibility index (Phi) is 3.68. The summed E-state index contributed by atoms with van der Waals surface area (Å²) in [6.07, 6.45) is 0. The van der Waals surface area contributed by atoms with Gasteiger partial charge in [0.2, 0.25) is 0 Å². The molecule has 6 heteroatoms. The summed E-state index contributed by atoms with van der Waals surface area (Å²) >= 11 is 0. The minimum absolute atomic E-state index is 0.0187. The summed E-state index contributed by atoms with van der Waals surface area (Å²) in [6.45, 7) is 6.40. The molecule has 18 heavy (non-hydrogen) atoms. The minimum atomic E-state index is -0.0187. The lowest BCUT2D eigenvalue weighted by Gasteiger charge is -2.39. The Bertz CT molecular complexity index is 424. The van der Waals surface area contributed by atoms with Gasteiger partial charge in [-0.05, 0) is 20.9 Å². The van der Waals surface area contributed by atoms with Crippen LogP contribution in [-0.2, 0) is 0 Å². The molecule has 1 aliphatic heterocycles. The summed E-state index contributed by atoms with van der Waals surface area (Å²) in [5.74, 6) is 0.557. The Labute approximate surface area is 107 Å². The fourth-order valence-corrected chi connectivity index (χ4v) is 2.41. The average molecular weight is 252 g/mol. The molecule has 1 amide bonds. The predicted octanol–water partition coefficient (Wildman–Crippen LogP) is 0.00634. The first-order chi connectivity index (χ1) is 8.54. The van der Waals surface area contributed by atoms with E-state index in [4.69, 9.17) is 10.3 Å². The lowest BCUT2D eigenvalue weighted by molar-refractivity contribution is 0.0513.